The number of ether oxygens (including phenoxy) is 1. The summed E-state index contributed by atoms with van der Waals surface area (Å²) in [6.07, 6.45) is 0. The van der Waals surface area contributed by atoms with Crippen LogP contribution in [0.3, 0.4) is 0 Å². The van der Waals surface area contributed by atoms with E-state index in [-0.39, 0.29) is 13.1 Å². The Morgan fingerprint density at radius 2 is 2.07 bits per heavy atom. The Morgan fingerprint density at radius 1 is 1.36 bits per heavy atom. The molecule has 0 aromatic rings. The number of nitrogens with one attached hydrogen (secondary N) is 2. The Kier molecular flexibility index (Phi) is 6.96. The van der Waals surface area contributed by atoms with Gasteiger partial charge in [-0.1, -0.05) is 5.92 Å². The van der Waals surface area contributed by atoms with Gasteiger partial charge >= 0.3 is 12.0 Å². The first-order chi connectivity index (χ1) is 6.70. The lowest BCUT2D eigenvalue weighted by atomic mass is 10.6. The van der Waals surface area contributed by atoms with Crippen LogP contribution in [0.25, 0.3) is 0 Å². The minimum Gasteiger partial charge on any atom is -0.465 e. The summed E-state index contributed by atoms with van der Waals surface area (Å²) in [7, 11) is 0. The first-order valence-corrected chi connectivity index (χ1v) is 4.27. The molecule has 2 N–H and O–H groups in total. The van der Waals surface area contributed by atoms with Gasteiger partial charge in [0.05, 0.1) is 13.2 Å². The smallest absolute Gasteiger partial charge is 0.325 e. The molecule has 0 aliphatic carbocycles. The van der Waals surface area contributed by atoms with Crippen molar-refractivity contribution >= 4 is 12.0 Å². The summed E-state index contributed by atoms with van der Waals surface area (Å²) < 4.78 is 4.61. The van der Waals surface area contributed by atoms with E-state index in [9.17, 15) is 9.59 Å². The molecule has 0 heterocycles. The van der Waals surface area contributed by atoms with E-state index in [2.05, 4.69) is 27.2 Å². The molecule has 0 aliphatic rings. The predicted octanol–water partition coefficient (Wildman–Crippen LogP) is -0.128. The van der Waals surface area contributed by atoms with E-state index in [1.807, 2.05) is 0 Å². The van der Waals surface area contributed by atoms with E-state index in [4.69, 9.17) is 0 Å². The first kappa shape index (κ1) is 12.3. The molecule has 0 unspecified atom stereocenters. The maximum absolute atomic E-state index is 10.9. The van der Waals surface area contributed by atoms with Crippen molar-refractivity contribution in [3.63, 3.8) is 0 Å². The topological polar surface area (TPSA) is 67.4 Å². The van der Waals surface area contributed by atoms with Crippen molar-refractivity contribution in [2.45, 2.75) is 13.8 Å². The minimum absolute atomic E-state index is 0.126. The molecule has 0 aliphatic heterocycles. The SMILES string of the molecule is CC#CCNC(=O)NCC(=O)OCC. The second-order valence-electron chi connectivity index (χ2n) is 2.27. The molecule has 0 fully saturated rings. The Bertz CT molecular complexity index is 253. The van der Waals surface area contributed by atoms with Gasteiger partial charge in [-0.3, -0.25) is 4.79 Å². The quantitative estimate of drug-likeness (QED) is 0.488. The van der Waals surface area contributed by atoms with Crippen LogP contribution in [0.5, 0.6) is 0 Å². The molecule has 0 radical (unpaired) electrons. The highest BCUT2D eigenvalue weighted by Gasteiger charge is 2.03. The molecule has 0 saturated carbocycles. The van der Waals surface area contributed by atoms with Gasteiger partial charge in [0.2, 0.25) is 0 Å². The zero-order chi connectivity index (χ0) is 10.8. The van der Waals surface area contributed by atoms with Crippen molar-refractivity contribution in [3.05, 3.63) is 0 Å². The summed E-state index contributed by atoms with van der Waals surface area (Å²) >= 11 is 0. The molecule has 5 heteroatoms. The standard InChI is InChI=1S/C9H14N2O3/c1-3-5-6-10-9(13)11-7-8(12)14-4-2/h4,6-7H2,1-2H3,(H2,10,11,13). The van der Waals surface area contributed by atoms with Crippen LogP contribution in [0, 0.1) is 11.8 Å². The van der Waals surface area contributed by atoms with Crippen molar-refractivity contribution in [3.8, 4) is 11.8 Å². The number of hydrogen-bond acceptors (Lipinski definition) is 3. The highest BCUT2D eigenvalue weighted by molar-refractivity contribution is 5.80. The van der Waals surface area contributed by atoms with Gasteiger partial charge in [-0.05, 0) is 13.8 Å². The van der Waals surface area contributed by atoms with Crippen LogP contribution in [-0.4, -0.2) is 31.7 Å². The summed E-state index contributed by atoms with van der Waals surface area (Å²) in [6.45, 7) is 3.83. The molecule has 0 rings (SSSR count). The maximum Gasteiger partial charge on any atom is 0.325 e. The van der Waals surface area contributed by atoms with Crippen LogP contribution in [0.15, 0.2) is 0 Å². The van der Waals surface area contributed by atoms with Crippen molar-refractivity contribution in [1.29, 1.82) is 0 Å². The van der Waals surface area contributed by atoms with Gasteiger partial charge in [-0.15, -0.1) is 5.92 Å². The molecule has 5 nitrogen and oxygen atoms in total. The second kappa shape index (κ2) is 7.92. The van der Waals surface area contributed by atoms with Crippen LogP contribution in [0.1, 0.15) is 13.8 Å². The van der Waals surface area contributed by atoms with Crippen LogP contribution >= 0.6 is 0 Å². The molecule has 0 saturated heterocycles. The fraction of sp³-hybridized carbons (Fsp3) is 0.556. The van der Waals surface area contributed by atoms with E-state index in [1.165, 1.54) is 0 Å². The zero-order valence-corrected chi connectivity index (χ0v) is 8.35. The summed E-state index contributed by atoms with van der Waals surface area (Å²) in [5.41, 5.74) is 0. The molecule has 0 atom stereocenters. The van der Waals surface area contributed by atoms with Crippen molar-refractivity contribution < 1.29 is 14.3 Å². The normalized spacial score (nSPS) is 8.14. The third kappa shape index (κ3) is 6.98. The number of amides is 2. The van der Waals surface area contributed by atoms with Crippen molar-refractivity contribution in [1.82, 2.24) is 10.6 Å². The number of urea groups is 1. The molecule has 0 bridgehead atoms. The molecular weight excluding hydrogens is 184 g/mol. The number of carbonyl (C=O) groups is 2. The summed E-state index contributed by atoms with van der Waals surface area (Å²) in [5.74, 6) is 4.82. The van der Waals surface area contributed by atoms with E-state index in [0.29, 0.717) is 6.61 Å². The van der Waals surface area contributed by atoms with E-state index >= 15 is 0 Å². The molecule has 0 aromatic heterocycles. The predicted molar refractivity (Wildman–Crippen MR) is 51.5 cm³/mol. The lowest BCUT2D eigenvalue weighted by molar-refractivity contribution is -0.141. The zero-order valence-electron chi connectivity index (χ0n) is 8.35. The second-order valence-corrected chi connectivity index (χ2v) is 2.27. The number of hydrogen-bond donors (Lipinski definition) is 2. The third-order valence-electron chi connectivity index (χ3n) is 1.21. The molecule has 0 spiro atoms. The van der Waals surface area contributed by atoms with Gasteiger partial charge in [0, 0.05) is 0 Å². The number of rotatable bonds is 4. The highest BCUT2D eigenvalue weighted by atomic mass is 16.5. The number of esters is 1. The van der Waals surface area contributed by atoms with Crippen LogP contribution < -0.4 is 10.6 Å². The van der Waals surface area contributed by atoms with E-state index in [0.717, 1.165) is 0 Å². The van der Waals surface area contributed by atoms with Gasteiger partial charge < -0.3 is 15.4 Å². The monoisotopic (exact) mass is 198 g/mol. The Hall–Kier alpha value is -1.70. The first-order valence-electron chi connectivity index (χ1n) is 4.27. The Balaban J connectivity index is 3.51. The summed E-state index contributed by atoms with van der Waals surface area (Å²) in [6, 6.07) is -0.430. The average molecular weight is 198 g/mol. The van der Waals surface area contributed by atoms with Gasteiger partial charge in [-0.2, -0.15) is 0 Å². The Morgan fingerprint density at radius 3 is 2.64 bits per heavy atom. The fourth-order valence-electron chi connectivity index (χ4n) is 0.640. The lowest BCUT2D eigenvalue weighted by Crippen LogP contribution is -2.39. The van der Waals surface area contributed by atoms with Crippen LogP contribution in [-0.2, 0) is 9.53 Å². The number of carbonyl (C=O) groups excluding carboxylic acids is 2. The van der Waals surface area contributed by atoms with Crippen LogP contribution in [0.4, 0.5) is 4.79 Å². The molecule has 14 heavy (non-hydrogen) atoms. The van der Waals surface area contributed by atoms with Gasteiger partial charge in [-0.25, -0.2) is 4.79 Å². The summed E-state index contributed by atoms with van der Waals surface area (Å²) in [5, 5.41) is 4.78. The maximum atomic E-state index is 10.9. The van der Waals surface area contributed by atoms with E-state index < -0.39 is 12.0 Å². The van der Waals surface area contributed by atoms with Gasteiger partial charge in [0.1, 0.15) is 6.54 Å². The molecule has 78 valence electrons. The summed E-state index contributed by atoms with van der Waals surface area (Å²) in [4.78, 5) is 21.7. The third-order valence-corrected chi connectivity index (χ3v) is 1.21. The van der Waals surface area contributed by atoms with Crippen molar-refractivity contribution in [2.75, 3.05) is 19.7 Å². The van der Waals surface area contributed by atoms with E-state index in [1.54, 1.807) is 13.8 Å². The fourth-order valence-corrected chi connectivity index (χ4v) is 0.640. The Labute approximate surface area is 83.2 Å². The lowest BCUT2D eigenvalue weighted by Gasteiger charge is -2.04. The molecule has 2 amide bonds. The molecular formula is C9H14N2O3. The minimum atomic E-state index is -0.454. The van der Waals surface area contributed by atoms with Crippen LogP contribution in [0.2, 0.25) is 0 Å². The van der Waals surface area contributed by atoms with Gasteiger partial charge in [0.25, 0.3) is 0 Å². The molecule has 0 aromatic carbocycles. The van der Waals surface area contributed by atoms with Gasteiger partial charge in [0.15, 0.2) is 0 Å². The highest BCUT2D eigenvalue weighted by Crippen LogP contribution is 1.75. The largest absolute Gasteiger partial charge is 0.465 e. The van der Waals surface area contributed by atoms with Crippen molar-refractivity contribution in [2.24, 2.45) is 0 Å². The average Bonchev–Trinajstić information content (AvgIpc) is 2.16.